The Kier molecular flexibility index (Phi) is 5.85. The number of carbonyl (C=O) groups is 1. The van der Waals surface area contributed by atoms with Crippen LogP contribution >= 0.6 is 0 Å². The molecule has 2 fully saturated rings. The largest absolute Gasteiger partial charge is 0.396 e. The Balaban J connectivity index is 1.84. The number of amides is 1. The van der Waals surface area contributed by atoms with Crippen LogP contribution in [0.5, 0.6) is 0 Å². The lowest BCUT2D eigenvalue weighted by molar-refractivity contribution is -0.135. The minimum atomic E-state index is 0.250. The predicted octanol–water partition coefficient (Wildman–Crippen LogP) is 1.73. The summed E-state index contributed by atoms with van der Waals surface area (Å²) in [7, 11) is 1.97. The van der Waals surface area contributed by atoms with Crippen molar-refractivity contribution in [3.05, 3.63) is 0 Å². The minimum Gasteiger partial charge on any atom is -0.396 e. The molecule has 1 saturated carbocycles. The second-order valence-electron chi connectivity index (χ2n) is 6.76. The molecule has 3 unspecified atom stereocenters. The van der Waals surface area contributed by atoms with E-state index in [1.807, 2.05) is 11.9 Å². The van der Waals surface area contributed by atoms with Gasteiger partial charge < -0.3 is 10.0 Å². The molecule has 4 heteroatoms. The molecule has 0 spiro atoms. The van der Waals surface area contributed by atoms with Gasteiger partial charge in [0, 0.05) is 26.2 Å². The van der Waals surface area contributed by atoms with E-state index in [0.29, 0.717) is 24.4 Å². The van der Waals surface area contributed by atoms with Crippen LogP contribution < -0.4 is 0 Å². The summed E-state index contributed by atoms with van der Waals surface area (Å²) < 4.78 is 0. The lowest BCUT2D eigenvalue weighted by atomic mass is 9.85. The van der Waals surface area contributed by atoms with E-state index in [1.54, 1.807) is 0 Å². The zero-order chi connectivity index (χ0) is 14.5. The SMILES string of the molecule is CC1CCCCC1N(C)C(=O)CN1CCCC(CO)C1. The van der Waals surface area contributed by atoms with Crippen molar-refractivity contribution in [3.63, 3.8) is 0 Å². The molecular formula is C16H30N2O2. The van der Waals surface area contributed by atoms with Crippen molar-refractivity contribution in [3.8, 4) is 0 Å². The van der Waals surface area contributed by atoms with Crippen molar-refractivity contribution in [1.82, 2.24) is 9.80 Å². The van der Waals surface area contributed by atoms with Gasteiger partial charge in [0.25, 0.3) is 0 Å². The van der Waals surface area contributed by atoms with E-state index in [1.165, 1.54) is 19.3 Å². The highest BCUT2D eigenvalue weighted by Crippen LogP contribution is 2.27. The Labute approximate surface area is 123 Å². The van der Waals surface area contributed by atoms with Gasteiger partial charge in [0.2, 0.25) is 5.91 Å². The van der Waals surface area contributed by atoms with Crippen molar-refractivity contribution in [1.29, 1.82) is 0 Å². The molecule has 4 nitrogen and oxygen atoms in total. The molecule has 1 amide bonds. The molecule has 20 heavy (non-hydrogen) atoms. The van der Waals surface area contributed by atoms with Gasteiger partial charge in [-0.25, -0.2) is 0 Å². The third-order valence-corrected chi connectivity index (χ3v) is 5.18. The van der Waals surface area contributed by atoms with Crippen LogP contribution in [-0.4, -0.2) is 60.1 Å². The summed E-state index contributed by atoms with van der Waals surface area (Å²) in [4.78, 5) is 16.7. The molecule has 0 aromatic rings. The fraction of sp³-hybridized carbons (Fsp3) is 0.938. The lowest BCUT2D eigenvalue weighted by Gasteiger charge is -2.38. The van der Waals surface area contributed by atoms with Gasteiger partial charge in [-0.1, -0.05) is 19.8 Å². The fourth-order valence-corrected chi connectivity index (χ4v) is 3.80. The molecule has 0 radical (unpaired) electrons. The van der Waals surface area contributed by atoms with Crippen LogP contribution in [-0.2, 0) is 4.79 Å². The van der Waals surface area contributed by atoms with E-state index in [9.17, 15) is 9.90 Å². The number of piperidine rings is 1. The summed E-state index contributed by atoms with van der Waals surface area (Å²) in [5.41, 5.74) is 0. The van der Waals surface area contributed by atoms with Gasteiger partial charge in [0.1, 0.15) is 0 Å². The van der Waals surface area contributed by atoms with Gasteiger partial charge in [0.05, 0.1) is 6.54 Å². The smallest absolute Gasteiger partial charge is 0.236 e. The maximum atomic E-state index is 12.5. The molecule has 2 aliphatic rings. The monoisotopic (exact) mass is 282 g/mol. The van der Waals surface area contributed by atoms with Crippen LogP contribution in [0.1, 0.15) is 45.4 Å². The number of likely N-dealkylation sites (tertiary alicyclic amines) is 1. The van der Waals surface area contributed by atoms with Crippen molar-refractivity contribution >= 4 is 5.91 Å². The van der Waals surface area contributed by atoms with E-state index in [4.69, 9.17) is 0 Å². The maximum Gasteiger partial charge on any atom is 0.236 e. The van der Waals surface area contributed by atoms with Crippen LogP contribution in [0.4, 0.5) is 0 Å². The molecule has 0 aromatic carbocycles. The van der Waals surface area contributed by atoms with Gasteiger partial charge in [-0.3, -0.25) is 9.69 Å². The van der Waals surface area contributed by atoms with Crippen LogP contribution in [0.25, 0.3) is 0 Å². The number of rotatable bonds is 4. The summed E-state index contributed by atoms with van der Waals surface area (Å²) in [6.45, 7) is 4.92. The first-order chi connectivity index (χ1) is 9.61. The van der Waals surface area contributed by atoms with E-state index < -0.39 is 0 Å². The average molecular weight is 282 g/mol. The molecule has 3 atom stereocenters. The molecule has 0 aromatic heterocycles. The third kappa shape index (κ3) is 3.95. The van der Waals surface area contributed by atoms with Gasteiger partial charge in [-0.2, -0.15) is 0 Å². The predicted molar refractivity (Wildman–Crippen MR) is 80.4 cm³/mol. The molecule has 1 heterocycles. The van der Waals surface area contributed by atoms with E-state index in [-0.39, 0.29) is 12.5 Å². The van der Waals surface area contributed by atoms with Crippen LogP contribution in [0.2, 0.25) is 0 Å². The van der Waals surface area contributed by atoms with Crippen LogP contribution in [0, 0.1) is 11.8 Å². The quantitative estimate of drug-likeness (QED) is 0.854. The zero-order valence-corrected chi connectivity index (χ0v) is 13.1. The van der Waals surface area contributed by atoms with Crippen LogP contribution in [0.3, 0.4) is 0 Å². The maximum absolute atomic E-state index is 12.5. The number of hydrogen-bond acceptors (Lipinski definition) is 3. The molecular weight excluding hydrogens is 252 g/mol. The Morgan fingerprint density at radius 1 is 1.25 bits per heavy atom. The van der Waals surface area contributed by atoms with Crippen molar-refractivity contribution in [2.75, 3.05) is 33.3 Å². The van der Waals surface area contributed by atoms with Gasteiger partial charge in [0.15, 0.2) is 0 Å². The van der Waals surface area contributed by atoms with Crippen molar-refractivity contribution < 1.29 is 9.90 Å². The van der Waals surface area contributed by atoms with Crippen LogP contribution in [0.15, 0.2) is 0 Å². The number of likely N-dealkylation sites (N-methyl/N-ethyl adjacent to an activating group) is 1. The highest BCUT2D eigenvalue weighted by Gasteiger charge is 2.29. The molecule has 1 aliphatic carbocycles. The topological polar surface area (TPSA) is 43.8 Å². The number of carbonyl (C=O) groups excluding carboxylic acids is 1. The number of aliphatic hydroxyl groups is 1. The van der Waals surface area contributed by atoms with Gasteiger partial charge in [-0.15, -0.1) is 0 Å². The summed E-state index contributed by atoms with van der Waals surface area (Å²) in [5, 5.41) is 9.27. The second-order valence-corrected chi connectivity index (χ2v) is 6.76. The number of aliphatic hydroxyl groups excluding tert-OH is 1. The third-order valence-electron chi connectivity index (χ3n) is 5.18. The summed E-state index contributed by atoms with van der Waals surface area (Å²) in [6, 6.07) is 0.426. The molecule has 2 rings (SSSR count). The van der Waals surface area contributed by atoms with E-state index in [2.05, 4.69) is 11.8 Å². The normalized spacial score (nSPS) is 32.0. The first-order valence-electron chi connectivity index (χ1n) is 8.20. The first kappa shape index (κ1) is 15.8. The highest BCUT2D eigenvalue weighted by atomic mass is 16.3. The molecule has 0 bridgehead atoms. The van der Waals surface area contributed by atoms with Crippen molar-refractivity contribution in [2.45, 2.75) is 51.5 Å². The lowest BCUT2D eigenvalue weighted by Crippen LogP contribution is -2.48. The Morgan fingerprint density at radius 2 is 2.00 bits per heavy atom. The average Bonchev–Trinajstić information content (AvgIpc) is 2.47. The first-order valence-corrected chi connectivity index (χ1v) is 8.20. The molecule has 1 aliphatic heterocycles. The van der Waals surface area contributed by atoms with E-state index in [0.717, 1.165) is 32.4 Å². The Bertz CT molecular complexity index is 322. The highest BCUT2D eigenvalue weighted by molar-refractivity contribution is 5.78. The van der Waals surface area contributed by atoms with E-state index >= 15 is 0 Å². The minimum absolute atomic E-state index is 0.250. The summed E-state index contributed by atoms with van der Waals surface area (Å²) in [5.74, 6) is 1.24. The summed E-state index contributed by atoms with van der Waals surface area (Å²) >= 11 is 0. The second kappa shape index (κ2) is 7.41. The van der Waals surface area contributed by atoms with Gasteiger partial charge in [-0.05, 0) is 44.1 Å². The molecule has 1 N–H and O–H groups in total. The zero-order valence-electron chi connectivity index (χ0n) is 13.1. The molecule has 116 valence electrons. The number of hydrogen-bond donors (Lipinski definition) is 1. The standard InChI is InChI=1S/C16H30N2O2/c1-13-6-3-4-8-15(13)17(2)16(20)11-18-9-5-7-14(10-18)12-19/h13-15,19H,3-12H2,1-2H3. The molecule has 1 saturated heterocycles. The Hall–Kier alpha value is -0.610. The fourth-order valence-electron chi connectivity index (χ4n) is 3.80. The summed E-state index contributed by atoms with van der Waals surface area (Å²) in [6.07, 6.45) is 7.16. The number of nitrogens with zero attached hydrogens (tertiary/aromatic N) is 2. The Morgan fingerprint density at radius 3 is 2.70 bits per heavy atom. The van der Waals surface area contributed by atoms with Crippen molar-refractivity contribution in [2.24, 2.45) is 11.8 Å². The van der Waals surface area contributed by atoms with Gasteiger partial charge >= 0.3 is 0 Å².